The summed E-state index contributed by atoms with van der Waals surface area (Å²) in [6.45, 7) is 3.74. The van der Waals surface area contributed by atoms with E-state index >= 15 is 0 Å². The van der Waals surface area contributed by atoms with Crippen molar-refractivity contribution in [2.24, 2.45) is 5.92 Å². The molecule has 0 heterocycles. The number of rotatable bonds is 6. The zero-order chi connectivity index (χ0) is 10.4. The molecule has 1 fully saturated rings. The third-order valence-corrected chi connectivity index (χ3v) is 2.59. The Morgan fingerprint density at radius 2 is 2.29 bits per heavy atom. The van der Waals surface area contributed by atoms with Gasteiger partial charge in [0.25, 0.3) is 0 Å². The van der Waals surface area contributed by atoms with Crippen molar-refractivity contribution in [3.05, 3.63) is 0 Å². The number of nitrogens with one attached hydrogen (secondary N) is 2. The van der Waals surface area contributed by atoms with E-state index < -0.39 is 0 Å². The molecule has 0 radical (unpaired) electrons. The van der Waals surface area contributed by atoms with E-state index in [1.807, 2.05) is 0 Å². The molecule has 0 spiro atoms. The van der Waals surface area contributed by atoms with Crippen LogP contribution in [0.2, 0.25) is 0 Å². The third-order valence-electron chi connectivity index (χ3n) is 2.33. The maximum Gasteiger partial charge on any atom is 0.166 e. The zero-order valence-electron chi connectivity index (χ0n) is 9.01. The number of ether oxygens (including phenoxy) is 1. The number of hydrogen-bond acceptors (Lipinski definition) is 2. The summed E-state index contributed by atoms with van der Waals surface area (Å²) in [5, 5.41) is 7.12. The van der Waals surface area contributed by atoms with Crippen LogP contribution in [0.1, 0.15) is 26.2 Å². The first-order valence-electron chi connectivity index (χ1n) is 5.25. The lowest BCUT2D eigenvalue weighted by molar-refractivity contribution is 0.179. The topological polar surface area (TPSA) is 33.3 Å². The monoisotopic (exact) mass is 216 g/mol. The average molecular weight is 216 g/mol. The second-order valence-corrected chi connectivity index (χ2v) is 4.40. The molecule has 0 aromatic heterocycles. The molecule has 1 aliphatic carbocycles. The maximum absolute atomic E-state index is 5.14. The molecular weight excluding hydrogens is 196 g/mol. The first-order chi connectivity index (χ1) is 6.72. The highest BCUT2D eigenvalue weighted by atomic mass is 32.1. The van der Waals surface area contributed by atoms with Crippen molar-refractivity contribution < 1.29 is 4.74 Å². The van der Waals surface area contributed by atoms with Crippen LogP contribution in [0.5, 0.6) is 0 Å². The van der Waals surface area contributed by atoms with Crippen molar-refractivity contribution in [2.75, 3.05) is 20.3 Å². The highest BCUT2D eigenvalue weighted by Gasteiger charge is 2.20. The van der Waals surface area contributed by atoms with Gasteiger partial charge in [-0.25, -0.2) is 0 Å². The van der Waals surface area contributed by atoms with Gasteiger partial charge in [0.05, 0.1) is 6.61 Å². The average Bonchev–Trinajstić information content (AvgIpc) is 2.88. The molecule has 14 heavy (non-hydrogen) atoms. The summed E-state index contributed by atoms with van der Waals surface area (Å²) in [6, 6.07) is 0.279. The molecule has 82 valence electrons. The second-order valence-electron chi connectivity index (χ2n) is 3.99. The Bertz CT molecular complexity index is 183. The Hall–Kier alpha value is -0.350. The quantitative estimate of drug-likeness (QED) is 0.655. The molecule has 0 bridgehead atoms. The summed E-state index contributed by atoms with van der Waals surface area (Å²) in [7, 11) is 1.70. The van der Waals surface area contributed by atoms with E-state index in [1.54, 1.807) is 7.11 Å². The van der Waals surface area contributed by atoms with Crippen LogP contribution >= 0.6 is 12.2 Å². The molecule has 0 saturated heterocycles. The molecule has 1 unspecified atom stereocenters. The lowest BCUT2D eigenvalue weighted by Gasteiger charge is -2.15. The van der Waals surface area contributed by atoms with Crippen LogP contribution in [0.25, 0.3) is 0 Å². The molecule has 0 aliphatic heterocycles. The fraction of sp³-hybridized carbons (Fsp3) is 0.900. The molecule has 0 aromatic carbocycles. The fourth-order valence-corrected chi connectivity index (χ4v) is 1.67. The minimum atomic E-state index is 0.279. The van der Waals surface area contributed by atoms with Gasteiger partial charge in [-0.15, -0.1) is 0 Å². The smallest absolute Gasteiger partial charge is 0.166 e. The third kappa shape index (κ3) is 5.40. The van der Waals surface area contributed by atoms with E-state index in [9.17, 15) is 0 Å². The van der Waals surface area contributed by atoms with Crippen LogP contribution < -0.4 is 10.6 Å². The van der Waals surface area contributed by atoms with Crippen LogP contribution in [0.4, 0.5) is 0 Å². The molecular formula is C10H20N2OS. The summed E-state index contributed by atoms with van der Waals surface area (Å²) < 4.78 is 5.01. The lowest BCUT2D eigenvalue weighted by atomic mass is 10.3. The summed E-state index contributed by atoms with van der Waals surface area (Å²) in [5.74, 6) is 0.960. The van der Waals surface area contributed by atoms with Crippen molar-refractivity contribution in [1.29, 1.82) is 0 Å². The molecule has 1 rings (SSSR count). The van der Waals surface area contributed by atoms with Crippen molar-refractivity contribution in [3.8, 4) is 0 Å². The van der Waals surface area contributed by atoms with Crippen LogP contribution in [0.15, 0.2) is 0 Å². The van der Waals surface area contributed by atoms with E-state index in [0.29, 0.717) is 6.61 Å². The Balaban J connectivity index is 1.96. The summed E-state index contributed by atoms with van der Waals surface area (Å²) in [5.41, 5.74) is 0. The summed E-state index contributed by atoms with van der Waals surface area (Å²) in [6.07, 6.45) is 4.06. The van der Waals surface area contributed by atoms with Gasteiger partial charge < -0.3 is 15.4 Å². The van der Waals surface area contributed by atoms with Crippen LogP contribution in [0.3, 0.4) is 0 Å². The fourth-order valence-electron chi connectivity index (χ4n) is 1.36. The highest BCUT2D eigenvalue weighted by Crippen LogP contribution is 2.31. The van der Waals surface area contributed by atoms with Gasteiger partial charge in [-0.3, -0.25) is 0 Å². The molecule has 0 aromatic rings. The van der Waals surface area contributed by atoms with E-state index in [2.05, 4.69) is 17.6 Å². The predicted octanol–water partition coefficient (Wildman–Crippen LogP) is 1.29. The number of hydrogen-bond donors (Lipinski definition) is 2. The summed E-state index contributed by atoms with van der Waals surface area (Å²) in [4.78, 5) is 0. The largest absolute Gasteiger partial charge is 0.383 e. The van der Waals surface area contributed by atoms with Gasteiger partial charge in [0, 0.05) is 19.7 Å². The van der Waals surface area contributed by atoms with Crippen LogP contribution in [-0.2, 0) is 4.74 Å². The Kier molecular flexibility index (Phi) is 5.19. The number of thiocarbonyl (C=S) groups is 1. The van der Waals surface area contributed by atoms with Gasteiger partial charge in [0.1, 0.15) is 0 Å². The molecule has 2 N–H and O–H groups in total. The lowest BCUT2D eigenvalue weighted by Crippen LogP contribution is -2.42. The van der Waals surface area contributed by atoms with Gasteiger partial charge in [-0.2, -0.15) is 0 Å². The van der Waals surface area contributed by atoms with Gasteiger partial charge >= 0.3 is 0 Å². The first-order valence-corrected chi connectivity index (χ1v) is 5.66. The first kappa shape index (κ1) is 11.7. The Morgan fingerprint density at radius 1 is 1.57 bits per heavy atom. The predicted molar refractivity (Wildman–Crippen MR) is 62.4 cm³/mol. The minimum Gasteiger partial charge on any atom is -0.383 e. The molecule has 1 saturated carbocycles. The van der Waals surface area contributed by atoms with E-state index in [-0.39, 0.29) is 6.04 Å². The van der Waals surface area contributed by atoms with Crippen molar-refractivity contribution >= 4 is 17.3 Å². The molecule has 1 aliphatic rings. The van der Waals surface area contributed by atoms with Crippen molar-refractivity contribution in [1.82, 2.24) is 10.6 Å². The van der Waals surface area contributed by atoms with Crippen molar-refractivity contribution in [2.45, 2.75) is 32.2 Å². The van der Waals surface area contributed by atoms with E-state index in [4.69, 9.17) is 17.0 Å². The Labute approximate surface area is 91.6 Å². The van der Waals surface area contributed by atoms with Crippen LogP contribution in [0, 0.1) is 5.92 Å². The molecule has 0 amide bonds. The Morgan fingerprint density at radius 3 is 2.86 bits per heavy atom. The van der Waals surface area contributed by atoms with Gasteiger partial charge in [-0.05, 0) is 31.5 Å². The maximum atomic E-state index is 5.14. The standard InChI is InChI=1S/C10H20N2OS/c1-8(7-13-2)12-10(14)11-6-5-9-3-4-9/h8-9H,3-7H2,1-2H3,(H2,11,12,14). The van der Waals surface area contributed by atoms with Gasteiger partial charge in [-0.1, -0.05) is 12.8 Å². The molecule has 4 heteroatoms. The van der Waals surface area contributed by atoms with Crippen molar-refractivity contribution in [3.63, 3.8) is 0 Å². The second kappa shape index (κ2) is 6.19. The zero-order valence-corrected chi connectivity index (χ0v) is 9.82. The SMILES string of the molecule is COCC(C)NC(=S)NCCC1CC1. The van der Waals surface area contributed by atoms with Gasteiger partial charge in [0.2, 0.25) is 0 Å². The van der Waals surface area contributed by atoms with E-state index in [1.165, 1.54) is 19.3 Å². The summed E-state index contributed by atoms with van der Waals surface area (Å²) >= 11 is 5.14. The normalized spacial score (nSPS) is 17.6. The molecule has 3 nitrogen and oxygen atoms in total. The van der Waals surface area contributed by atoms with E-state index in [0.717, 1.165) is 17.6 Å². The number of methoxy groups -OCH3 is 1. The van der Waals surface area contributed by atoms with Crippen LogP contribution in [-0.4, -0.2) is 31.4 Å². The van der Waals surface area contributed by atoms with Gasteiger partial charge in [0.15, 0.2) is 5.11 Å². The molecule has 1 atom stereocenters. The highest BCUT2D eigenvalue weighted by molar-refractivity contribution is 7.80. The minimum absolute atomic E-state index is 0.279.